The molecule has 1 saturated heterocycles. The highest BCUT2D eigenvalue weighted by atomic mass is 35.5. The minimum absolute atomic E-state index is 0.400. The van der Waals surface area contributed by atoms with Crippen molar-refractivity contribution in [3.05, 3.63) is 79.6 Å². The summed E-state index contributed by atoms with van der Waals surface area (Å²) in [5.74, 6) is 0.746. The average molecular weight is 412 g/mol. The lowest BCUT2D eigenvalue weighted by molar-refractivity contribution is 0.410. The fourth-order valence-corrected chi connectivity index (χ4v) is 3.92. The Kier molecular flexibility index (Phi) is 5.45. The molecule has 1 fully saturated rings. The third-order valence-corrected chi connectivity index (χ3v) is 5.54. The fraction of sp³-hybridized carbons (Fsp3) is 0.273. The monoisotopic (exact) mass is 411 g/mol. The number of methoxy groups -OCH3 is 1. The molecule has 7 heteroatoms. The molecule has 0 unspecified atom stereocenters. The molecule has 3 aromatic rings. The van der Waals surface area contributed by atoms with Gasteiger partial charge < -0.3 is 19.9 Å². The first-order chi connectivity index (χ1) is 14.1. The Morgan fingerprint density at radius 2 is 1.69 bits per heavy atom. The lowest BCUT2D eigenvalue weighted by Crippen LogP contribution is -2.51. The van der Waals surface area contributed by atoms with Gasteiger partial charge in [0.15, 0.2) is 0 Å². The molecule has 150 valence electrons. The zero-order valence-corrected chi connectivity index (χ0v) is 16.9. The molecule has 0 radical (unpaired) electrons. The molecule has 0 saturated carbocycles. The normalized spacial score (nSPS) is 14.3. The first kappa shape index (κ1) is 19.3. The predicted molar refractivity (Wildman–Crippen MR) is 118 cm³/mol. The van der Waals surface area contributed by atoms with Crippen molar-refractivity contribution in [1.29, 1.82) is 0 Å². The van der Waals surface area contributed by atoms with E-state index in [4.69, 9.17) is 16.3 Å². The minimum Gasteiger partial charge on any atom is -0.496 e. The molecule has 0 aliphatic carbocycles. The molecule has 0 amide bonds. The van der Waals surface area contributed by atoms with Gasteiger partial charge in [-0.15, -0.1) is 0 Å². The van der Waals surface area contributed by atoms with Crippen LogP contribution in [0.1, 0.15) is 5.56 Å². The van der Waals surface area contributed by atoms with E-state index in [1.165, 1.54) is 0 Å². The minimum atomic E-state index is -0.452. The molecule has 6 nitrogen and oxygen atoms in total. The first-order valence-electron chi connectivity index (χ1n) is 9.53. The summed E-state index contributed by atoms with van der Waals surface area (Å²) >= 11 is 6.09. The second kappa shape index (κ2) is 8.17. The van der Waals surface area contributed by atoms with Crippen molar-refractivity contribution in [1.82, 2.24) is 0 Å². The van der Waals surface area contributed by atoms with E-state index in [1.807, 2.05) is 53.4 Å². The van der Waals surface area contributed by atoms with Crippen LogP contribution in [0.4, 0.5) is 17.1 Å². The first-order valence-corrected chi connectivity index (χ1v) is 9.91. The number of halogens is 1. The number of para-hydroxylation sites is 1. The number of hydrogen-bond donors (Lipinski definition) is 1. The summed E-state index contributed by atoms with van der Waals surface area (Å²) in [6.45, 7) is 3.27. The van der Waals surface area contributed by atoms with Gasteiger partial charge in [0.1, 0.15) is 17.1 Å². The van der Waals surface area contributed by atoms with Gasteiger partial charge in [-0.1, -0.05) is 35.9 Å². The van der Waals surface area contributed by atoms with Crippen LogP contribution in [0.15, 0.2) is 58.1 Å². The zero-order chi connectivity index (χ0) is 20.4. The molecule has 0 bridgehead atoms. The van der Waals surface area contributed by atoms with Crippen molar-refractivity contribution in [2.24, 2.45) is 0 Å². The second-order valence-electron chi connectivity index (χ2n) is 7.00. The van der Waals surface area contributed by atoms with E-state index in [0.29, 0.717) is 36.0 Å². The van der Waals surface area contributed by atoms with E-state index >= 15 is 0 Å². The SMILES string of the molecule is COc1ccccc1CNc1c(N2CCN(c3cccc(Cl)c3)CC2)c(=O)c1=O. The summed E-state index contributed by atoms with van der Waals surface area (Å²) in [4.78, 5) is 28.6. The maximum absolute atomic E-state index is 12.3. The molecule has 1 aliphatic heterocycles. The molecular weight excluding hydrogens is 390 g/mol. The Labute approximate surface area is 174 Å². The van der Waals surface area contributed by atoms with Crippen LogP contribution >= 0.6 is 11.6 Å². The van der Waals surface area contributed by atoms with E-state index in [-0.39, 0.29) is 0 Å². The van der Waals surface area contributed by atoms with Crippen molar-refractivity contribution in [2.75, 3.05) is 48.4 Å². The molecule has 0 spiro atoms. The van der Waals surface area contributed by atoms with Gasteiger partial charge >= 0.3 is 0 Å². The van der Waals surface area contributed by atoms with Gasteiger partial charge in [0.25, 0.3) is 10.9 Å². The summed E-state index contributed by atoms with van der Waals surface area (Å²) in [5.41, 5.74) is 2.03. The van der Waals surface area contributed by atoms with Gasteiger partial charge in [-0.2, -0.15) is 0 Å². The standard InChI is InChI=1S/C22H22ClN3O3/c1-29-18-8-3-2-5-15(18)14-24-19-20(22(28)21(19)27)26-11-9-25(10-12-26)17-7-4-6-16(23)13-17/h2-8,13,24H,9-12,14H2,1H3. The summed E-state index contributed by atoms with van der Waals surface area (Å²) in [6.07, 6.45) is 0. The van der Waals surface area contributed by atoms with Crippen LogP contribution in [0.3, 0.4) is 0 Å². The Morgan fingerprint density at radius 1 is 0.966 bits per heavy atom. The molecule has 4 rings (SSSR count). The van der Waals surface area contributed by atoms with E-state index < -0.39 is 10.9 Å². The van der Waals surface area contributed by atoms with Crippen molar-refractivity contribution in [3.63, 3.8) is 0 Å². The highest BCUT2D eigenvalue weighted by Gasteiger charge is 2.28. The Morgan fingerprint density at radius 3 is 2.41 bits per heavy atom. The Balaban J connectivity index is 1.45. The number of nitrogens with zero attached hydrogens (tertiary/aromatic N) is 2. The maximum Gasteiger partial charge on any atom is 0.253 e. The molecule has 3 aromatic carbocycles. The van der Waals surface area contributed by atoms with Gasteiger partial charge in [0.2, 0.25) is 0 Å². The molecule has 1 heterocycles. The van der Waals surface area contributed by atoms with Crippen LogP contribution < -0.4 is 30.7 Å². The summed E-state index contributed by atoms with van der Waals surface area (Å²) in [5, 5.41) is 3.85. The van der Waals surface area contributed by atoms with Crippen molar-refractivity contribution >= 4 is 28.7 Å². The third kappa shape index (κ3) is 3.80. The van der Waals surface area contributed by atoms with Crippen molar-refractivity contribution < 1.29 is 4.74 Å². The molecule has 1 aliphatic rings. The van der Waals surface area contributed by atoms with E-state index in [0.717, 1.165) is 30.1 Å². The smallest absolute Gasteiger partial charge is 0.253 e. The molecule has 29 heavy (non-hydrogen) atoms. The molecular formula is C22H22ClN3O3. The predicted octanol–water partition coefficient (Wildman–Crippen LogP) is 2.88. The van der Waals surface area contributed by atoms with E-state index in [9.17, 15) is 9.59 Å². The molecule has 0 aromatic heterocycles. The van der Waals surface area contributed by atoms with Crippen LogP contribution in [0.2, 0.25) is 5.02 Å². The third-order valence-electron chi connectivity index (χ3n) is 5.30. The highest BCUT2D eigenvalue weighted by Crippen LogP contribution is 2.26. The number of ether oxygens (including phenoxy) is 1. The van der Waals surface area contributed by atoms with Crippen LogP contribution in [-0.2, 0) is 6.54 Å². The Hall–Kier alpha value is -2.99. The fourth-order valence-electron chi connectivity index (χ4n) is 3.74. The molecule has 1 N–H and O–H groups in total. The summed E-state index contributed by atoms with van der Waals surface area (Å²) in [6, 6.07) is 15.4. The van der Waals surface area contributed by atoms with Gasteiger partial charge in [0.05, 0.1) is 7.11 Å². The van der Waals surface area contributed by atoms with Crippen LogP contribution in [0, 0.1) is 0 Å². The summed E-state index contributed by atoms with van der Waals surface area (Å²) in [7, 11) is 1.61. The lowest BCUT2D eigenvalue weighted by Gasteiger charge is -2.38. The van der Waals surface area contributed by atoms with Crippen molar-refractivity contribution in [2.45, 2.75) is 6.54 Å². The Bertz CT molecular complexity index is 1080. The topological polar surface area (TPSA) is 61.9 Å². The van der Waals surface area contributed by atoms with Crippen LogP contribution in [0.5, 0.6) is 5.75 Å². The zero-order valence-electron chi connectivity index (χ0n) is 16.2. The van der Waals surface area contributed by atoms with Crippen LogP contribution in [-0.4, -0.2) is 33.3 Å². The van der Waals surface area contributed by atoms with E-state index in [2.05, 4.69) is 10.2 Å². The highest BCUT2D eigenvalue weighted by molar-refractivity contribution is 6.30. The van der Waals surface area contributed by atoms with Crippen molar-refractivity contribution in [3.8, 4) is 5.75 Å². The number of nitrogens with one attached hydrogen (secondary N) is 1. The molecule has 0 atom stereocenters. The van der Waals surface area contributed by atoms with Crippen LogP contribution in [0.25, 0.3) is 0 Å². The lowest BCUT2D eigenvalue weighted by atomic mass is 10.1. The number of piperazine rings is 1. The largest absolute Gasteiger partial charge is 0.496 e. The summed E-state index contributed by atoms with van der Waals surface area (Å²) < 4.78 is 5.35. The van der Waals surface area contributed by atoms with Gasteiger partial charge in [-0.25, -0.2) is 0 Å². The average Bonchev–Trinajstić information content (AvgIpc) is 2.76. The maximum atomic E-state index is 12.3. The second-order valence-corrected chi connectivity index (χ2v) is 7.44. The van der Waals surface area contributed by atoms with Gasteiger partial charge in [-0.05, 0) is 24.3 Å². The van der Waals surface area contributed by atoms with E-state index in [1.54, 1.807) is 7.11 Å². The van der Waals surface area contributed by atoms with Gasteiger partial charge in [-0.3, -0.25) is 9.59 Å². The van der Waals surface area contributed by atoms with Gasteiger partial charge in [0, 0.05) is 49.0 Å². The number of rotatable bonds is 6. The number of hydrogen-bond acceptors (Lipinski definition) is 6. The number of anilines is 3. The quantitative estimate of drug-likeness (QED) is 0.629. The number of benzene rings is 2.